The lowest BCUT2D eigenvalue weighted by Crippen LogP contribution is -2.28. The summed E-state index contributed by atoms with van der Waals surface area (Å²) in [6.07, 6.45) is 2.97. The van der Waals surface area contributed by atoms with Crippen molar-refractivity contribution in [3.05, 3.63) is 29.3 Å². The Morgan fingerprint density at radius 2 is 2.15 bits per heavy atom. The highest BCUT2D eigenvalue weighted by Gasteiger charge is 2.23. The minimum atomic E-state index is -0.485. The van der Waals surface area contributed by atoms with Gasteiger partial charge in [0.05, 0.1) is 10.7 Å². The molecule has 0 bridgehead atoms. The molecule has 0 saturated heterocycles. The molecule has 2 N–H and O–H groups in total. The van der Waals surface area contributed by atoms with Gasteiger partial charge in [-0.2, -0.15) is 0 Å². The predicted octanol–water partition coefficient (Wildman–Crippen LogP) is 1.56. The van der Waals surface area contributed by atoms with E-state index in [2.05, 4.69) is 15.8 Å². The van der Waals surface area contributed by atoms with Crippen molar-refractivity contribution >= 4 is 35.3 Å². The fourth-order valence-corrected chi connectivity index (χ4v) is 1.59. The van der Waals surface area contributed by atoms with Gasteiger partial charge in [-0.15, -0.1) is 0 Å². The molecule has 106 valence electrons. The first kappa shape index (κ1) is 14.3. The van der Waals surface area contributed by atoms with Crippen LogP contribution >= 0.6 is 11.6 Å². The summed E-state index contributed by atoms with van der Waals surface area (Å²) in [7, 11) is 0. The van der Waals surface area contributed by atoms with Gasteiger partial charge in [-0.3, -0.25) is 9.59 Å². The second-order valence-corrected chi connectivity index (χ2v) is 4.73. The SMILES string of the molecule is O=C(C=NOCC(=O)NC1CC1)Nc1ccccc1Cl. The summed E-state index contributed by atoms with van der Waals surface area (Å²) in [6.45, 7) is -0.202. The van der Waals surface area contributed by atoms with E-state index in [0.717, 1.165) is 19.1 Å². The van der Waals surface area contributed by atoms with Crippen LogP contribution in [0.3, 0.4) is 0 Å². The van der Waals surface area contributed by atoms with E-state index in [9.17, 15) is 9.59 Å². The number of hydrogen-bond donors (Lipinski definition) is 2. The van der Waals surface area contributed by atoms with Gasteiger partial charge in [0.25, 0.3) is 11.8 Å². The molecule has 0 aromatic heterocycles. The van der Waals surface area contributed by atoms with Crippen molar-refractivity contribution < 1.29 is 14.4 Å². The second kappa shape index (κ2) is 6.91. The Morgan fingerprint density at radius 1 is 1.40 bits per heavy atom. The van der Waals surface area contributed by atoms with Crippen molar-refractivity contribution in [1.29, 1.82) is 0 Å². The first-order valence-electron chi connectivity index (χ1n) is 6.15. The number of anilines is 1. The number of carbonyl (C=O) groups is 2. The van der Waals surface area contributed by atoms with Gasteiger partial charge in [-0.1, -0.05) is 28.9 Å². The quantitative estimate of drug-likeness (QED) is 0.617. The van der Waals surface area contributed by atoms with Gasteiger partial charge in [0.1, 0.15) is 6.21 Å². The highest BCUT2D eigenvalue weighted by atomic mass is 35.5. The Bertz CT molecular complexity index is 529. The molecule has 1 fully saturated rings. The molecule has 20 heavy (non-hydrogen) atoms. The molecule has 0 spiro atoms. The zero-order valence-corrected chi connectivity index (χ0v) is 11.4. The van der Waals surface area contributed by atoms with Crippen LogP contribution in [0.1, 0.15) is 12.8 Å². The summed E-state index contributed by atoms with van der Waals surface area (Å²) in [5.74, 6) is -0.725. The smallest absolute Gasteiger partial charge is 0.270 e. The molecule has 6 nitrogen and oxygen atoms in total. The number of oxime groups is 1. The van der Waals surface area contributed by atoms with Crippen LogP contribution in [0.25, 0.3) is 0 Å². The predicted molar refractivity (Wildman–Crippen MR) is 75.7 cm³/mol. The maximum absolute atomic E-state index is 11.5. The van der Waals surface area contributed by atoms with Gasteiger partial charge in [-0.25, -0.2) is 0 Å². The summed E-state index contributed by atoms with van der Waals surface area (Å²) in [4.78, 5) is 27.5. The molecule has 1 aromatic rings. The van der Waals surface area contributed by atoms with Crippen LogP contribution in [-0.4, -0.2) is 30.7 Å². The average Bonchev–Trinajstić information content (AvgIpc) is 3.21. The zero-order chi connectivity index (χ0) is 14.4. The normalized spacial score (nSPS) is 14.1. The van der Waals surface area contributed by atoms with Crippen LogP contribution in [-0.2, 0) is 14.4 Å². The lowest BCUT2D eigenvalue weighted by molar-refractivity contribution is -0.126. The maximum Gasteiger partial charge on any atom is 0.270 e. The first-order chi connectivity index (χ1) is 9.65. The molecule has 0 radical (unpaired) electrons. The van der Waals surface area contributed by atoms with Crippen LogP contribution < -0.4 is 10.6 Å². The number of nitrogens with zero attached hydrogens (tertiary/aromatic N) is 1. The topological polar surface area (TPSA) is 79.8 Å². The summed E-state index contributed by atoms with van der Waals surface area (Å²) in [5.41, 5.74) is 0.483. The van der Waals surface area contributed by atoms with E-state index < -0.39 is 5.91 Å². The summed E-state index contributed by atoms with van der Waals surface area (Å²) in [6, 6.07) is 7.11. The largest absolute Gasteiger partial charge is 0.386 e. The summed E-state index contributed by atoms with van der Waals surface area (Å²) >= 11 is 5.88. The Balaban J connectivity index is 1.69. The number of benzene rings is 1. The Kier molecular flexibility index (Phi) is 4.95. The van der Waals surface area contributed by atoms with E-state index in [4.69, 9.17) is 16.4 Å². The highest BCUT2D eigenvalue weighted by molar-refractivity contribution is 6.36. The van der Waals surface area contributed by atoms with Crippen LogP contribution in [0.2, 0.25) is 5.02 Å². The lowest BCUT2D eigenvalue weighted by Gasteiger charge is -2.03. The molecule has 0 unspecified atom stereocenters. The van der Waals surface area contributed by atoms with E-state index in [1.807, 2.05) is 0 Å². The van der Waals surface area contributed by atoms with Crippen molar-refractivity contribution in [3.8, 4) is 0 Å². The Labute approximate surface area is 121 Å². The average molecular weight is 296 g/mol. The fourth-order valence-electron chi connectivity index (χ4n) is 1.41. The van der Waals surface area contributed by atoms with Crippen molar-refractivity contribution in [1.82, 2.24) is 5.32 Å². The van der Waals surface area contributed by atoms with Gasteiger partial charge in [-0.05, 0) is 25.0 Å². The van der Waals surface area contributed by atoms with Crippen LogP contribution in [0, 0.1) is 0 Å². The molecule has 0 heterocycles. The number of halogens is 1. The molecule has 0 aliphatic heterocycles. The van der Waals surface area contributed by atoms with Gasteiger partial charge in [0, 0.05) is 6.04 Å². The minimum Gasteiger partial charge on any atom is -0.386 e. The number of rotatable bonds is 6. The van der Waals surface area contributed by atoms with Crippen molar-refractivity contribution in [3.63, 3.8) is 0 Å². The van der Waals surface area contributed by atoms with E-state index in [-0.39, 0.29) is 18.6 Å². The first-order valence-corrected chi connectivity index (χ1v) is 6.53. The highest BCUT2D eigenvalue weighted by Crippen LogP contribution is 2.20. The molecule has 2 amide bonds. The summed E-state index contributed by atoms with van der Waals surface area (Å²) < 4.78 is 0. The molecule has 1 saturated carbocycles. The molecular formula is C13H14ClN3O3. The molecular weight excluding hydrogens is 282 g/mol. The molecule has 0 atom stereocenters. The standard InChI is InChI=1S/C13H14ClN3O3/c14-10-3-1-2-4-11(10)17-12(18)7-15-20-8-13(19)16-9-5-6-9/h1-4,7,9H,5-6,8H2,(H,16,19)(H,17,18). The molecule has 1 aliphatic rings. The number of hydrogen-bond acceptors (Lipinski definition) is 4. The molecule has 2 rings (SSSR count). The third-order valence-electron chi connectivity index (χ3n) is 2.51. The Hall–Kier alpha value is -2.08. The van der Waals surface area contributed by atoms with E-state index >= 15 is 0 Å². The third kappa shape index (κ3) is 4.89. The van der Waals surface area contributed by atoms with Gasteiger partial charge < -0.3 is 15.5 Å². The van der Waals surface area contributed by atoms with Gasteiger partial charge >= 0.3 is 0 Å². The van der Waals surface area contributed by atoms with Crippen LogP contribution in [0.4, 0.5) is 5.69 Å². The summed E-state index contributed by atoms with van der Waals surface area (Å²) in [5, 5.41) is 9.13. The Morgan fingerprint density at radius 3 is 2.85 bits per heavy atom. The number of carbonyl (C=O) groups excluding carboxylic acids is 2. The fraction of sp³-hybridized carbons (Fsp3) is 0.308. The molecule has 7 heteroatoms. The van der Waals surface area contributed by atoms with Crippen LogP contribution in [0.5, 0.6) is 0 Å². The monoisotopic (exact) mass is 295 g/mol. The third-order valence-corrected chi connectivity index (χ3v) is 2.84. The van der Waals surface area contributed by atoms with E-state index in [1.54, 1.807) is 24.3 Å². The molecule has 1 aromatic carbocycles. The minimum absolute atomic E-state index is 0.202. The van der Waals surface area contributed by atoms with Crippen LogP contribution in [0.15, 0.2) is 29.4 Å². The number of nitrogens with one attached hydrogen (secondary N) is 2. The molecule has 1 aliphatic carbocycles. The van der Waals surface area contributed by atoms with Crippen molar-refractivity contribution in [2.75, 3.05) is 11.9 Å². The van der Waals surface area contributed by atoms with Crippen molar-refractivity contribution in [2.45, 2.75) is 18.9 Å². The number of para-hydroxylation sites is 1. The maximum atomic E-state index is 11.5. The zero-order valence-electron chi connectivity index (χ0n) is 10.6. The van der Waals surface area contributed by atoms with Crippen molar-refractivity contribution in [2.24, 2.45) is 5.16 Å². The van der Waals surface area contributed by atoms with E-state index in [1.165, 1.54) is 0 Å². The van der Waals surface area contributed by atoms with Gasteiger partial charge in [0.2, 0.25) is 0 Å². The number of amides is 2. The lowest BCUT2D eigenvalue weighted by atomic mass is 10.3. The van der Waals surface area contributed by atoms with E-state index in [0.29, 0.717) is 10.7 Å². The van der Waals surface area contributed by atoms with Gasteiger partial charge in [0.15, 0.2) is 6.61 Å². The second-order valence-electron chi connectivity index (χ2n) is 4.32.